The van der Waals surface area contributed by atoms with Gasteiger partial charge < -0.3 is 10.2 Å². The van der Waals surface area contributed by atoms with Crippen molar-refractivity contribution in [2.75, 3.05) is 13.1 Å². The minimum absolute atomic E-state index is 0.0203. The number of nitrogens with one attached hydrogen (secondary N) is 1. The molecular weight excluding hydrogens is 324 g/mol. The third-order valence-electron chi connectivity index (χ3n) is 5.69. The lowest BCUT2D eigenvalue weighted by molar-refractivity contribution is -0.134. The number of carbonyl (C=O) groups is 2. The molecule has 1 aromatic rings. The molecule has 0 atom stereocenters. The Hall–Kier alpha value is -1.84. The van der Waals surface area contributed by atoms with Gasteiger partial charge in [-0.2, -0.15) is 0 Å². The van der Waals surface area contributed by atoms with Gasteiger partial charge in [0.15, 0.2) is 0 Å². The molecule has 2 amide bonds. The summed E-state index contributed by atoms with van der Waals surface area (Å²) in [5.41, 5.74) is 1.42. The van der Waals surface area contributed by atoms with E-state index in [0.717, 1.165) is 31.2 Å². The van der Waals surface area contributed by atoms with E-state index in [1.165, 1.54) is 0 Å². The summed E-state index contributed by atoms with van der Waals surface area (Å²) in [6, 6.07) is 9.95. The maximum atomic E-state index is 12.5. The van der Waals surface area contributed by atoms with E-state index in [-0.39, 0.29) is 24.3 Å². The standard InChI is InChI=1S/C22H34N2O2/c1-5-24(16-17-9-7-6-8-10-17)20(25)15-23-21(26)18-11-13-19(14-12-18)22(2,3)4/h6-10,18-19H,5,11-16H2,1-4H3,(H,23,26). The Morgan fingerprint density at radius 2 is 1.69 bits per heavy atom. The molecule has 26 heavy (non-hydrogen) atoms. The van der Waals surface area contributed by atoms with Gasteiger partial charge in [-0.1, -0.05) is 51.1 Å². The summed E-state index contributed by atoms with van der Waals surface area (Å²) in [6.07, 6.45) is 4.07. The monoisotopic (exact) mass is 358 g/mol. The molecule has 4 heteroatoms. The molecule has 1 N–H and O–H groups in total. The van der Waals surface area contributed by atoms with Crippen molar-refractivity contribution in [3.05, 3.63) is 35.9 Å². The van der Waals surface area contributed by atoms with Crippen LogP contribution in [0.15, 0.2) is 30.3 Å². The number of benzene rings is 1. The summed E-state index contributed by atoms with van der Waals surface area (Å²) in [5, 5.41) is 2.88. The van der Waals surface area contributed by atoms with Gasteiger partial charge in [-0.25, -0.2) is 0 Å². The first kappa shape index (κ1) is 20.5. The van der Waals surface area contributed by atoms with Crippen molar-refractivity contribution in [2.24, 2.45) is 17.3 Å². The molecule has 1 aliphatic rings. The molecular formula is C22H34N2O2. The molecule has 1 saturated carbocycles. The van der Waals surface area contributed by atoms with Crippen LogP contribution in [0.4, 0.5) is 0 Å². The van der Waals surface area contributed by atoms with Gasteiger partial charge in [-0.15, -0.1) is 0 Å². The van der Waals surface area contributed by atoms with Gasteiger partial charge in [0.2, 0.25) is 11.8 Å². The minimum Gasteiger partial charge on any atom is -0.347 e. The third-order valence-corrected chi connectivity index (χ3v) is 5.69. The number of rotatable bonds is 6. The predicted octanol–water partition coefficient (Wildman–Crippen LogP) is 4.00. The van der Waals surface area contributed by atoms with Crippen LogP contribution in [-0.4, -0.2) is 29.8 Å². The second-order valence-electron chi connectivity index (χ2n) is 8.53. The average molecular weight is 359 g/mol. The minimum atomic E-state index is -0.0203. The van der Waals surface area contributed by atoms with Gasteiger partial charge in [0.05, 0.1) is 6.54 Å². The average Bonchev–Trinajstić information content (AvgIpc) is 2.64. The van der Waals surface area contributed by atoms with Gasteiger partial charge in [0.25, 0.3) is 0 Å². The molecule has 2 rings (SSSR count). The van der Waals surface area contributed by atoms with E-state index in [1.807, 2.05) is 37.3 Å². The van der Waals surface area contributed by atoms with Crippen molar-refractivity contribution in [3.63, 3.8) is 0 Å². The molecule has 4 nitrogen and oxygen atoms in total. The van der Waals surface area contributed by atoms with Gasteiger partial charge in [0.1, 0.15) is 0 Å². The number of hydrogen-bond donors (Lipinski definition) is 1. The highest BCUT2D eigenvalue weighted by molar-refractivity contribution is 5.85. The van der Waals surface area contributed by atoms with E-state index < -0.39 is 0 Å². The van der Waals surface area contributed by atoms with E-state index in [0.29, 0.717) is 24.4 Å². The second kappa shape index (κ2) is 9.20. The van der Waals surface area contributed by atoms with Crippen molar-refractivity contribution in [2.45, 2.75) is 59.9 Å². The zero-order valence-corrected chi connectivity index (χ0v) is 16.8. The predicted molar refractivity (Wildman–Crippen MR) is 105 cm³/mol. The van der Waals surface area contributed by atoms with Gasteiger partial charge >= 0.3 is 0 Å². The first-order valence-electron chi connectivity index (χ1n) is 9.90. The molecule has 0 aliphatic heterocycles. The second-order valence-corrected chi connectivity index (χ2v) is 8.53. The van der Waals surface area contributed by atoms with Crippen molar-refractivity contribution >= 4 is 11.8 Å². The number of likely N-dealkylation sites (N-methyl/N-ethyl adjacent to an activating group) is 1. The molecule has 0 aromatic heterocycles. The number of hydrogen-bond acceptors (Lipinski definition) is 2. The topological polar surface area (TPSA) is 49.4 Å². The molecule has 0 heterocycles. The van der Waals surface area contributed by atoms with Crippen molar-refractivity contribution in [3.8, 4) is 0 Å². The van der Waals surface area contributed by atoms with Crippen molar-refractivity contribution in [1.29, 1.82) is 0 Å². The first-order valence-corrected chi connectivity index (χ1v) is 9.90. The van der Waals surface area contributed by atoms with E-state index in [1.54, 1.807) is 4.90 Å². The van der Waals surface area contributed by atoms with E-state index in [4.69, 9.17) is 0 Å². The van der Waals surface area contributed by atoms with Crippen molar-refractivity contribution < 1.29 is 9.59 Å². The summed E-state index contributed by atoms with van der Waals surface area (Å²) in [4.78, 5) is 26.7. The van der Waals surface area contributed by atoms with Crippen LogP contribution in [0.1, 0.15) is 58.9 Å². The Kier molecular flexibility index (Phi) is 7.24. The lowest BCUT2D eigenvalue weighted by Crippen LogP contribution is -2.42. The molecule has 1 aliphatic carbocycles. The number of amides is 2. The highest BCUT2D eigenvalue weighted by atomic mass is 16.2. The van der Waals surface area contributed by atoms with Gasteiger partial charge in [-0.3, -0.25) is 9.59 Å². The van der Waals surface area contributed by atoms with E-state index in [2.05, 4.69) is 26.1 Å². The summed E-state index contributed by atoms with van der Waals surface area (Å²) < 4.78 is 0. The Bertz CT molecular complexity index is 584. The fourth-order valence-corrected chi connectivity index (χ4v) is 3.82. The van der Waals surface area contributed by atoms with Crippen LogP contribution in [0, 0.1) is 17.3 Å². The summed E-state index contributed by atoms with van der Waals surface area (Å²) >= 11 is 0. The molecule has 0 radical (unpaired) electrons. The third kappa shape index (κ3) is 5.86. The van der Waals surface area contributed by atoms with Crippen LogP contribution in [0.2, 0.25) is 0 Å². The lowest BCUT2D eigenvalue weighted by atomic mass is 9.69. The van der Waals surface area contributed by atoms with Crippen LogP contribution < -0.4 is 5.32 Å². The SMILES string of the molecule is CCN(Cc1ccccc1)C(=O)CNC(=O)C1CCC(C(C)(C)C)CC1. The largest absolute Gasteiger partial charge is 0.347 e. The fourth-order valence-electron chi connectivity index (χ4n) is 3.82. The Morgan fingerprint density at radius 3 is 2.23 bits per heavy atom. The molecule has 1 aromatic carbocycles. The molecule has 0 spiro atoms. The zero-order chi connectivity index (χ0) is 19.2. The van der Waals surface area contributed by atoms with Crippen LogP contribution in [0.3, 0.4) is 0 Å². The highest BCUT2D eigenvalue weighted by Gasteiger charge is 2.32. The maximum absolute atomic E-state index is 12.5. The Labute approximate surface area is 158 Å². The Balaban J connectivity index is 1.78. The Morgan fingerprint density at radius 1 is 1.08 bits per heavy atom. The van der Waals surface area contributed by atoms with Gasteiger partial charge in [0, 0.05) is 19.0 Å². The molecule has 0 unspecified atom stereocenters. The molecule has 0 bridgehead atoms. The maximum Gasteiger partial charge on any atom is 0.242 e. The van der Waals surface area contributed by atoms with Crippen LogP contribution in [0.25, 0.3) is 0 Å². The van der Waals surface area contributed by atoms with Crippen LogP contribution >= 0.6 is 0 Å². The van der Waals surface area contributed by atoms with E-state index >= 15 is 0 Å². The zero-order valence-electron chi connectivity index (χ0n) is 16.8. The van der Waals surface area contributed by atoms with Crippen molar-refractivity contribution in [1.82, 2.24) is 10.2 Å². The number of nitrogens with zero attached hydrogens (tertiary/aromatic N) is 1. The molecule has 1 fully saturated rings. The summed E-state index contributed by atoms with van der Waals surface area (Å²) in [5.74, 6) is 0.773. The summed E-state index contributed by atoms with van der Waals surface area (Å²) in [7, 11) is 0. The first-order chi connectivity index (χ1) is 12.3. The van der Waals surface area contributed by atoms with Gasteiger partial charge in [-0.05, 0) is 49.5 Å². The smallest absolute Gasteiger partial charge is 0.242 e. The number of carbonyl (C=O) groups excluding carboxylic acids is 2. The molecule has 144 valence electrons. The molecule has 0 saturated heterocycles. The highest BCUT2D eigenvalue weighted by Crippen LogP contribution is 2.39. The lowest BCUT2D eigenvalue weighted by Gasteiger charge is -2.36. The van der Waals surface area contributed by atoms with Crippen LogP contribution in [0.5, 0.6) is 0 Å². The van der Waals surface area contributed by atoms with Crippen LogP contribution in [-0.2, 0) is 16.1 Å². The van der Waals surface area contributed by atoms with E-state index in [9.17, 15) is 9.59 Å². The normalized spacial score (nSPS) is 20.5. The quantitative estimate of drug-likeness (QED) is 0.835. The fraction of sp³-hybridized carbons (Fsp3) is 0.636. The summed E-state index contributed by atoms with van der Waals surface area (Å²) in [6.45, 7) is 10.1.